The van der Waals surface area contributed by atoms with E-state index in [0.29, 0.717) is 0 Å². The van der Waals surface area contributed by atoms with E-state index in [0.717, 1.165) is 12.1 Å². The molecular weight excluding hydrogens is 278 g/mol. The van der Waals surface area contributed by atoms with Gasteiger partial charge in [-0.25, -0.2) is 8.78 Å². The summed E-state index contributed by atoms with van der Waals surface area (Å²) in [7, 11) is 0. The Bertz CT molecular complexity index is 862. The molecule has 0 atom stereocenters. The van der Waals surface area contributed by atoms with Gasteiger partial charge in [-0.3, -0.25) is 9.20 Å². The predicted molar refractivity (Wildman–Crippen MR) is 72.0 cm³/mol. The third-order valence-corrected chi connectivity index (χ3v) is 3.00. The van der Waals surface area contributed by atoms with Crippen LogP contribution in [0, 0.1) is 11.6 Å². The van der Waals surface area contributed by atoms with Gasteiger partial charge >= 0.3 is 5.84 Å². The summed E-state index contributed by atoms with van der Waals surface area (Å²) in [6, 6.07) is 3.11. The van der Waals surface area contributed by atoms with Gasteiger partial charge in [0.05, 0.1) is 0 Å². The molecule has 106 valence electrons. The first-order chi connectivity index (χ1) is 10.1. The molecule has 1 aromatic carbocycles. The number of hydrogen-bond donors (Lipinski definition) is 0. The highest BCUT2D eigenvalue weighted by Gasteiger charge is 2.22. The Labute approximate surface area is 118 Å². The summed E-state index contributed by atoms with van der Waals surface area (Å²) in [5, 5.41) is 0. The van der Waals surface area contributed by atoms with Gasteiger partial charge in [-0.15, -0.1) is 0 Å². The lowest BCUT2D eigenvalue weighted by atomic mass is 10.1. The molecule has 0 amide bonds. The van der Waals surface area contributed by atoms with Crippen molar-refractivity contribution in [2.45, 2.75) is 6.92 Å². The molecule has 0 saturated carbocycles. The lowest BCUT2D eigenvalue weighted by molar-refractivity contribution is 0.104. The Morgan fingerprint density at radius 3 is 2.90 bits per heavy atom. The molecule has 6 heteroatoms. The molecule has 0 bridgehead atoms. The van der Waals surface area contributed by atoms with E-state index in [9.17, 15) is 13.6 Å². The number of allylic oxidation sites excluding steroid dienone is 2. The summed E-state index contributed by atoms with van der Waals surface area (Å²) in [6.45, 7) is 1.70. The average Bonchev–Trinajstić information content (AvgIpc) is 2.98. The van der Waals surface area contributed by atoms with Crippen LogP contribution in [0.4, 0.5) is 8.78 Å². The molecule has 0 spiro atoms. The molecule has 0 aliphatic heterocycles. The zero-order valence-corrected chi connectivity index (χ0v) is 11.0. The van der Waals surface area contributed by atoms with Crippen LogP contribution in [0.2, 0.25) is 0 Å². The van der Waals surface area contributed by atoms with Crippen molar-refractivity contribution in [3.63, 3.8) is 0 Å². The first kappa shape index (κ1) is 13.2. The summed E-state index contributed by atoms with van der Waals surface area (Å²) in [6.07, 6.45) is 5.82. The molecule has 2 heterocycles. The van der Waals surface area contributed by atoms with Crippen molar-refractivity contribution in [3.8, 4) is 11.3 Å². The van der Waals surface area contributed by atoms with Gasteiger partial charge in [-0.05, 0) is 25.1 Å². The number of ketones is 1. The SMILES string of the molecule is C/C=C/C(=O)c1c(-c2ccc(F)cc2F)nc2occn12. The van der Waals surface area contributed by atoms with E-state index in [1.807, 2.05) is 0 Å². The normalized spacial score (nSPS) is 11.6. The third-order valence-electron chi connectivity index (χ3n) is 3.00. The molecule has 21 heavy (non-hydrogen) atoms. The molecule has 0 fully saturated rings. The number of halogens is 2. The number of oxazole rings is 1. The maximum absolute atomic E-state index is 14.0. The van der Waals surface area contributed by atoms with Gasteiger partial charge in [-0.2, -0.15) is 4.98 Å². The molecule has 0 saturated heterocycles. The number of nitrogens with zero attached hydrogens (tertiary/aromatic N) is 2. The highest BCUT2D eigenvalue weighted by molar-refractivity contribution is 6.07. The quantitative estimate of drug-likeness (QED) is 0.546. The topological polar surface area (TPSA) is 47.5 Å². The first-order valence-electron chi connectivity index (χ1n) is 6.20. The summed E-state index contributed by atoms with van der Waals surface area (Å²) in [4.78, 5) is 16.3. The molecule has 4 nitrogen and oxygen atoms in total. The van der Waals surface area contributed by atoms with Crippen LogP contribution in [0.1, 0.15) is 17.4 Å². The van der Waals surface area contributed by atoms with Crippen LogP contribution in [0.15, 0.2) is 47.2 Å². The van der Waals surface area contributed by atoms with Crippen LogP contribution in [-0.2, 0) is 0 Å². The van der Waals surface area contributed by atoms with Gasteiger partial charge in [0.1, 0.15) is 29.3 Å². The molecule has 0 N–H and O–H groups in total. The Hall–Kier alpha value is -2.76. The molecule has 0 aliphatic carbocycles. The Morgan fingerprint density at radius 2 is 2.19 bits per heavy atom. The molecular formula is C15H10F2N2O2. The summed E-state index contributed by atoms with van der Waals surface area (Å²) < 4.78 is 33.5. The lowest BCUT2D eigenvalue weighted by Crippen LogP contribution is -2.02. The molecule has 0 aliphatic rings. The minimum absolute atomic E-state index is 0.0446. The fourth-order valence-corrected chi connectivity index (χ4v) is 2.12. The van der Waals surface area contributed by atoms with Crippen molar-refractivity contribution < 1.29 is 18.0 Å². The van der Waals surface area contributed by atoms with Gasteiger partial charge < -0.3 is 4.42 Å². The van der Waals surface area contributed by atoms with E-state index in [2.05, 4.69) is 4.98 Å². The molecule has 0 unspecified atom stereocenters. The monoisotopic (exact) mass is 288 g/mol. The Kier molecular flexibility index (Phi) is 3.13. The van der Waals surface area contributed by atoms with Crippen LogP contribution < -0.4 is 0 Å². The van der Waals surface area contributed by atoms with Crippen LogP contribution in [0.25, 0.3) is 17.1 Å². The number of fused-ring (bicyclic) bond motifs is 1. The number of carbonyl (C=O) groups is 1. The van der Waals surface area contributed by atoms with E-state index in [1.54, 1.807) is 13.0 Å². The molecule has 0 radical (unpaired) electrons. The standard InChI is InChI=1S/C15H10F2N2O2/c1-2-3-12(20)14-13(18-15-19(14)6-7-21-15)10-5-4-9(16)8-11(10)17/h2-8H,1H3/b3-2+. The minimum Gasteiger partial charge on any atom is -0.432 e. The second kappa shape index (κ2) is 4.97. The highest BCUT2D eigenvalue weighted by atomic mass is 19.1. The fraction of sp³-hybridized carbons (Fsp3) is 0.0667. The number of hydrogen-bond acceptors (Lipinski definition) is 3. The van der Waals surface area contributed by atoms with Crippen molar-refractivity contribution in [3.05, 3.63) is 60.1 Å². The smallest absolute Gasteiger partial charge is 0.306 e. The van der Waals surface area contributed by atoms with E-state index in [4.69, 9.17) is 4.42 Å². The number of rotatable bonds is 3. The third kappa shape index (κ3) is 2.14. The molecule has 3 rings (SSSR count). The Morgan fingerprint density at radius 1 is 1.38 bits per heavy atom. The zero-order chi connectivity index (χ0) is 15.0. The second-order valence-corrected chi connectivity index (χ2v) is 4.35. The van der Waals surface area contributed by atoms with Gasteiger partial charge in [0.2, 0.25) is 5.78 Å². The first-order valence-corrected chi connectivity index (χ1v) is 6.20. The predicted octanol–water partition coefficient (Wildman–Crippen LogP) is 3.63. The van der Waals surface area contributed by atoms with Crippen LogP contribution >= 0.6 is 0 Å². The summed E-state index contributed by atoms with van der Waals surface area (Å²) in [5.74, 6) is -1.66. The number of benzene rings is 1. The van der Waals surface area contributed by atoms with Crippen molar-refractivity contribution in [1.82, 2.24) is 9.38 Å². The molecule has 2 aromatic heterocycles. The molecule has 3 aromatic rings. The Balaban J connectivity index is 2.29. The summed E-state index contributed by atoms with van der Waals surface area (Å²) in [5.41, 5.74) is 0.334. The lowest BCUT2D eigenvalue weighted by Gasteiger charge is -2.02. The maximum atomic E-state index is 14.0. The van der Waals surface area contributed by atoms with Gasteiger partial charge in [-0.1, -0.05) is 6.08 Å². The minimum atomic E-state index is -0.787. The van der Waals surface area contributed by atoms with E-state index in [1.165, 1.54) is 29.0 Å². The largest absolute Gasteiger partial charge is 0.432 e. The van der Waals surface area contributed by atoms with Crippen molar-refractivity contribution in [2.24, 2.45) is 0 Å². The van der Waals surface area contributed by atoms with Gasteiger partial charge in [0.25, 0.3) is 0 Å². The van der Waals surface area contributed by atoms with Gasteiger partial charge in [0, 0.05) is 17.8 Å². The van der Waals surface area contributed by atoms with Crippen LogP contribution in [0.3, 0.4) is 0 Å². The van der Waals surface area contributed by atoms with Crippen LogP contribution in [-0.4, -0.2) is 15.2 Å². The van der Waals surface area contributed by atoms with Crippen molar-refractivity contribution in [1.29, 1.82) is 0 Å². The highest BCUT2D eigenvalue weighted by Crippen LogP contribution is 2.28. The van der Waals surface area contributed by atoms with Crippen molar-refractivity contribution >= 4 is 11.6 Å². The van der Waals surface area contributed by atoms with Crippen molar-refractivity contribution in [2.75, 3.05) is 0 Å². The fourth-order valence-electron chi connectivity index (χ4n) is 2.12. The average molecular weight is 288 g/mol. The second-order valence-electron chi connectivity index (χ2n) is 4.35. The number of imidazole rings is 1. The van der Waals surface area contributed by atoms with Crippen LogP contribution in [0.5, 0.6) is 0 Å². The van der Waals surface area contributed by atoms with Gasteiger partial charge in [0.15, 0.2) is 0 Å². The summed E-state index contributed by atoms with van der Waals surface area (Å²) >= 11 is 0. The number of carbonyl (C=O) groups excluding carboxylic acids is 1. The maximum Gasteiger partial charge on any atom is 0.306 e. The number of aromatic nitrogens is 2. The van der Waals surface area contributed by atoms with E-state index < -0.39 is 11.6 Å². The zero-order valence-electron chi connectivity index (χ0n) is 11.0. The van der Waals surface area contributed by atoms with E-state index in [-0.39, 0.29) is 28.6 Å². The van der Waals surface area contributed by atoms with E-state index >= 15 is 0 Å².